The molecule has 3 aromatic rings. The highest BCUT2D eigenvalue weighted by atomic mass is 32.1. The van der Waals surface area contributed by atoms with Crippen molar-refractivity contribution in [1.29, 1.82) is 0 Å². The minimum atomic E-state index is -0.0736. The van der Waals surface area contributed by atoms with Gasteiger partial charge in [0, 0.05) is 29.4 Å². The molecular weight excluding hydrogens is 334 g/mol. The van der Waals surface area contributed by atoms with Crippen LogP contribution < -0.4 is 10.1 Å². The molecule has 25 heavy (non-hydrogen) atoms. The monoisotopic (exact) mass is 353 g/mol. The van der Waals surface area contributed by atoms with Gasteiger partial charge in [0.1, 0.15) is 11.9 Å². The normalized spacial score (nSPS) is 15.7. The molecule has 2 aromatic heterocycles. The fourth-order valence-corrected chi connectivity index (χ4v) is 4.03. The lowest BCUT2D eigenvalue weighted by atomic mass is 10.1. The van der Waals surface area contributed by atoms with Gasteiger partial charge in [-0.1, -0.05) is 18.2 Å². The van der Waals surface area contributed by atoms with Gasteiger partial charge in [-0.05, 0) is 31.5 Å². The molecule has 1 aliphatic rings. The summed E-state index contributed by atoms with van der Waals surface area (Å²) in [4.78, 5) is 17.0. The number of benzene rings is 1. The van der Waals surface area contributed by atoms with Gasteiger partial charge in [0.15, 0.2) is 5.13 Å². The molecule has 0 unspecified atom stereocenters. The average molecular weight is 353 g/mol. The van der Waals surface area contributed by atoms with Crippen molar-refractivity contribution < 1.29 is 9.53 Å². The summed E-state index contributed by atoms with van der Waals surface area (Å²) in [5.74, 6) is 0.846. The van der Waals surface area contributed by atoms with E-state index in [9.17, 15) is 4.79 Å². The van der Waals surface area contributed by atoms with Crippen LogP contribution in [0.4, 0.5) is 0 Å². The zero-order valence-electron chi connectivity index (χ0n) is 14.2. The van der Waals surface area contributed by atoms with E-state index in [0.717, 1.165) is 28.7 Å². The third kappa shape index (κ3) is 2.93. The van der Waals surface area contributed by atoms with Crippen molar-refractivity contribution in [3.05, 3.63) is 64.4 Å². The summed E-state index contributed by atoms with van der Waals surface area (Å²) < 4.78 is 7.90. The summed E-state index contributed by atoms with van der Waals surface area (Å²) >= 11 is 1.56. The van der Waals surface area contributed by atoms with Crippen LogP contribution in [0.25, 0.3) is 5.13 Å². The number of carbonyl (C=O) groups excluding carboxylic acids is 1. The Labute approximate surface area is 150 Å². The number of rotatable bonds is 4. The highest BCUT2D eigenvalue weighted by Crippen LogP contribution is 2.28. The van der Waals surface area contributed by atoms with Crippen LogP contribution in [0.5, 0.6) is 5.75 Å². The van der Waals surface area contributed by atoms with E-state index in [2.05, 4.69) is 16.4 Å². The van der Waals surface area contributed by atoms with Gasteiger partial charge in [-0.25, -0.2) is 4.98 Å². The van der Waals surface area contributed by atoms with E-state index in [1.54, 1.807) is 17.5 Å². The fourth-order valence-electron chi connectivity index (χ4n) is 3.28. The molecule has 0 saturated heterocycles. The Kier molecular flexibility index (Phi) is 4.05. The maximum absolute atomic E-state index is 12.6. The number of thiazole rings is 1. The van der Waals surface area contributed by atoms with Gasteiger partial charge in [-0.2, -0.15) is 0 Å². The molecule has 0 radical (unpaired) electrons. The molecule has 1 amide bonds. The van der Waals surface area contributed by atoms with Crippen LogP contribution in [0.3, 0.4) is 0 Å². The average Bonchev–Trinajstić information content (AvgIpc) is 3.31. The first kappa shape index (κ1) is 15.9. The number of fused-ring (bicyclic) bond motifs is 1. The smallest absolute Gasteiger partial charge is 0.253 e. The molecule has 1 N–H and O–H groups in total. The number of nitrogens with zero attached hydrogens (tertiary/aromatic N) is 2. The van der Waals surface area contributed by atoms with Crippen molar-refractivity contribution in [2.45, 2.75) is 26.4 Å². The topological polar surface area (TPSA) is 56.1 Å². The lowest BCUT2D eigenvalue weighted by molar-refractivity contribution is 0.0933. The number of hydrogen-bond donors (Lipinski definition) is 1. The standard InChI is InChI=1S/C19H19N3O2S/c1-12-9-16(13(2)22(12)19-20-7-8-25-19)18(23)21-11-15-10-14-5-3-4-6-17(14)24-15/h3-9,15H,10-11H2,1-2H3,(H,21,23)/t15-/m1/s1. The van der Waals surface area contributed by atoms with Crippen LogP contribution in [-0.4, -0.2) is 28.1 Å². The highest BCUT2D eigenvalue weighted by molar-refractivity contribution is 7.12. The quantitative estimate of drug-likeness (QED) is 0.783. The first-order valence-corrected chi connectivity index (χ1v) is 9.13. The van der Waals surface area contributed by atoms with Crippen LogP contribution in [0.1, 0.15) is 27.3 Å². The molecule has 1 atom stereocenters. The molecule has 1 aliphatic heterocycles. The summed E-state index contributed by atoms with van der Waals surface area (Å²) in [5, 5.41) is 5.82. The second kappa shape index (κ2) is 6.37. The van der Waals surface area contributed by atoms with Crippen molar-refractivity contribution in [3.8, 4) is 10.9 Å². The Balaban J connectivity index is 1.45. The fraction of sp³-hybridized carbons (Fsp3) is 0.263. The van der Waals surface area contributed by atoms with Gasteiger partial charge in [-0.15, -0.1) is 11.3 Å². The molecule has 3 heterocycles. The minimum Gasteiger partial charge on any atom is -0.488 e. The molecule has 1 aromatic carbocycles. The lowest BCUT2D eigenvalue weighted by Crippen LogP contribution is -2.34. The van der Waals surface area contributed by atoms with Crippen LogP contribution in [0.2, 0.25) is 0 Å². The zero-order valence-corrected chi connectivity index (χ0v) is 15.0. The van der Waals surface area contributed by atoms with Gasteiger partial charge in [0.25, 0.3) is 5.91 Å². The van der Waals surface area contributed by atoms with Gasteiger partial charge in [-0.3, -0.25) is 9.36 Å². The van der Waals surface area contributed by atoms with Gasteiger partial charge in [0.05, 0.1) is 12.1 Å². The van der Waals surface area contributed by atoms with Crippen molar-refractivity contribution in [2.75, 3.05) is 6.54 Å². The zero-order chi connectivity index (χ0) is 17.4. The largest absolute Gasteiger partial charge is 0.488 e. The van der Waals surface area contributed by atoms with Gasteiger partial charge in [0.2, 0.25) is 0 Å². The Morgan fingerprint density at radius 2 is 2.24 bits per heavy atom. The Morgan fingerprint density at radius 1 is 1.40 bits per heavy atom. The van der Waals surface area contributed by atoms with E-state index in [4.69, 9.17) is 4.74 Å². The molecule has 0 fully saturated rings. The number of carbonyl (C=O) groups is 1. The van der Waals surface area contributed by atoms with Crippen molar-refractivity contribution >= 4 is 17.2 Å². The van der Waals surface area contributed by atoms with Crippen molar-refractivity contribution in [3.63, 3.8) is 0 Å². The van der Waals surface area contributed by atoms with Crippen LogP contribution >= 0.6 is 11.3 Å². The van der Waals surface area contributed by atoms with Gasteiger partial charge < -0.3 is 10.1 Å². The summed E-state index contributed by atoms with van der Waals surface area (Å²) in [7, 11) is 0. The number of nitrogens with one attached hydrogen (secondary N) is 1. The highest BCUT2D eigenvalue weighted by Gasteiger charge is 2.24. The Bertz CT molecular complexity index is 890. The van der Waals surface area contributed by atoms with E-state index in [-0.39, 0.29) is 12.0 Å². The number of aryl methyl sites for hydroxylation is 1. The molecule has 0 bridgehead atoms. The molecule has 0 spiro atoms. The first-order chi connectivity index (χ1) is 12.1. The minimum absolute atomic E-state index is 0.0104. The number of amides is 1. The van der Waals surface area contributed by atoms with E-state index in [0.29, 0.717) is 12.1 Å². The third-order valence-corrected chi connectivity index (χ3v) is 5.25. The molecule has 5 nitrogen and oxygen atoms in total. The van der Waals surface area contributed by atoms with Crippen LogP contribution in [0.15, 0.2) is 41.9 Å². The number of para-hydroxylation sites is 1. The van der Waals surface area contributed by atoms with Gasteiger partial charge >= 0.3 is 0 Å². The number of aromatic nitrogens is 2. The third-order valence-electron chi connectivity index (χ3n) is 4.49. The number of hydrogen-bond acceptors (Lipinski definition) is 4. The second-order valence-corrected chi connectivity index (χ2v) is 7.07. The summed E-state index contributed by atoms with van der Waals surface area (Å²) in [6.07, 6.45) is 2.59. The summed E-state index contributed by atoms with van der Waals surface area (Å²) in [5.41, 5.74) is 3.79. The van der Waals surface area contributed by atoms with Crippen molar-refractivity contribution in [1.82, 2.24) is 14.9 Å². The molecule has 0 aliphatic carbocycles. The van der Waals surface area contributed by atoms with E-state index >= 15 is 0 Å². The van der Waals surface area contributed by atoms with E-state index < -0.39 is 0 Å². The lowest BCUT2D eigenvalue weighted by Gasteiger charge is -2.12. The number of ether oxygens (including phenoxy) is 1. The first-order valence-electron chi connectivity index (χ1n) is 8.25. The van der Waals surface area contributed by atoms with Crippen LogP contribution in [0, 0.1) is 13.8 Å². The van der Waals surface area contributed by atoms with E-state index in [1.165, 1.54) is 5.56 Å². The summed E-state index contributed by atoms with van der Waals surface area (Å²) in [6.45, 7) is 4.43. The molecule has 6 heteroatoms. The SMILES string of the molecule is Cc1cc(C(=O)NC[C@H]2Cc3ccccc3O2)c(C)n1-c1nccs1. The maximum atomic E-state index is 12.6. The molecule has 0 saturated carbocycles. The maximum Gasteiger partial charge on any atom is 0.253 e. The Hall–Kier alpha value is -2.60. The van der Waals surface area contributed by atoms with Crippen molar-refractivity contribution in [2.24, 2.45) is 0 Å². The molecule has 4 rings (SSSR count). The summed E-state index contributed by atoms with van der Waals surface area (Å²) in [6, 6.07) is 9.93. The van der Waals surface area contributed by atoms with Crippen LogP contribution in [-0.2, 0) is 6.42 Å². The van der Waals surface area contributed by atoms with E-state index in [1.807, 2.05) is 48.1 Å². The molecule has 128 valence electrons. The predicted molar refractivity (Wildman–Crippen MR) is 97.8 cm³/mol. The second-order valence-electron chi connectivity index (χ2n) is 6.20. The Morgan fingerprint density at radius 3 is 3.00 bits per heavy atom. The predicted octanol–water partition coefficient (Wildman–Crippen LogP) is 3.28. The molecular formula is C19H19N3O2S.